The normalized spacial score (nSPS) is 17.3. The Morgan fingerprint density at radius 2 is 1.97 bits per heavy atom. The zero-order valence-electron chi connectivity index (χ0n) is 16.4. The highest BCUT2D eigenvalue weighted by molar-refractivity contribution is 8.42. The number of carbonyl (C=O) groups excluding carboxylic acids is 1. The van der Waals surface area contributed by atoms with Gasteiger partial charge in [-0.25, -0.2) is 12.8 Å². The molecule has 2 aromatic carbocycles. The van der Waals surface area contributed by atoms with Crippen LogP contribution in [-0.2, 0) is 21.2 Å². The van der Waals surface area contributed by atoms with Gasteiger partial charge < -0.3 is 4.74 Å². The first-order valence-electron chi connectivity index (χ1n) is 8.99. The van der Waals surface area contributed by atoms with E-state index in [4.69, 9.17) is 21.7 Å². The van der Waals surface area contributed by atoms with Crippen molar-refractivity contribution in [1.29, 1.82) is 5.41 Å². The highest BCUT2D eigenvalue weighted by Crippen LogP contribution is 2.31. The van der Waals surface area contributed by atoms with Crippen molar-refractivity contribution in [2.24, 2.45) is 10.1 Å². The summed E-state index contributed by atoms with van der Waals surface area (Å²) in [5, 5.41) is 13.5. The Labute approximate surface area is 191 Å². The van der Waals surface area contributed by atoms with Crippen molar-refractivity contribution in [2.45, 2.75) is 6.61 Å². The van der Waals surface area contributed by atoms with E-state index in [1.165, 1.54) is 18.2 Å². The molecule has 0 radical (unpaired) electrons. The van der Waals surface area contributed by atoms with Crippen molar-refractivity contribution in [3.63, 3.8) is 0 Å². The second-order valence-corrected chi connectivity index (χ2v) is 10.3. The van der Waals surface area contributed by atoms with Crippen LogP contribution in [0.15, 0.2) is 58.1 Å². The van der Waals surface area contributed by atoms with Gasteiger partial charge >= 0.3 is 0 Å². The number of carbonyl (C=O) groups is 1. The van der Waals surface area contributed by atoms with Gasteiger partial charge in [-0.05, 0) is 53.2 Å². The molecule has 0 atom stereocenters. The van der Waals surface area contributed by atoms with E-state index in [0.29, 0.717) is 23.1 Å². The van der Waals surface area contributed by atoms with Crippen molar-refractivity contribution >= 4 is 60.6 Å². The lowest BCUT2D eigenvalue weighted by Gasteiger charge is -2.20. The minimum absolute atomic E-state index is 0.0140. The molecule has 1 N–H and O–H groups in total. The number of benzene rings is 2. The molecule has 0 aliphatic carbocycles. The van der Waals surface area contributed by atoms with E-state index in [1.54, 1.807) is 30.3 Å². The van der Waals surface area contributed by atoms with Crippen molar-refractivity contribution in [3.05, 3.63) is 70.0 Å². The van der Waals surface area contributed by atoms with Gasteiger partial charge in [-0.2, -0.15) is 10.0 Å². The molecule has 0 spiro atoms. The average Bonchev–Trinajstić information content (AvgIpc) is 3.16. The Kier molecular flexibility index (Phi) is 5.89. The fraction of sp³-hybridized carbons (Fsp3) is 0.100. The number of hydrazone groups is 1. The number of rotatable bonds is 4. The van der Waals surface area contributed by atoms with E-state index in [9.17, 15) is 17.6 Å². The van der Waals surface area contributed by atoms with Gasteiger partial charge in [0.1, 0.15) is 18.2 Å². The summed E-state index contributed by atoms with van der Waals surface area (Å²) in [4.78, 5) is 16.3. The zero-order valence-corrected chi connectivity index (χ0v) is 18.8. The number of sulfone groups is 1. The molecule has 4 rings (SSSR count). The van der Waals surface area contributed by atoms with Gasteiger partial charge in [-0.3, -0.25) is 10.2 Å². The largest absolute Gasteiger partial charge is 0.487 e. The molecular weight excluding hydrogens is 479 g/mol. The van der Waals surface area contributed by atoms with E-state index in [2.05, 4.69) is 10.1 Å². The van der Waals surface area contributed by atoms with Crippen LogP contribution in [0, 0.1) is 11.2 Å². The number of halogens is 2. The van der Waals surface area contributed by atoms with Crippen LogP contribution in [-0.4, -0.2) is 41.0 Å². The monoisotopic (exact) mass is 492 g/mol. The zero-order chi connectivity index (χ0) is 23.0. The van der Waals surface area contributed by atoms with E-state index in [-0.39, 0.29) is 38.4 Å². The Bertz CT molecular complexity index is 1340. The lowest BCUT2D eigenvalue weighted by Crippen LogP contribution is -2.35. The molecule has 164 valence electrons. The first-order valence-corrected chi connectivity index (χ1v) is 12.1. The maximum Gasteiger partial charge on any atom is 0.283 e. The van der Waals surface area contributed by atoms with Crippen LogP contribution in [0.4, 0.5) is 4.39 Å². The number of amides is 1. The van der Waals surface area contributed by atoms with Gasteiger partial charge in [0.25, 0.3) is 5.91 Å². The number of nitrogens with one attached hydrogen (secondary N) is 1. The van der Waals surface area contributed by atoms with Crippen molar-refractivity contribution < 1.29 is 22.3 Å². The fourth-order valence-electron chi connectivity index (χ4n) is 2.76. The van der Waals surface area contributed by atoms with E-state index < -0.39 is 15.7 Å². The van der Waals surface area contributed by atoms with Gasteiger partial charge in [0.15, 0.2) is 5.84 Å². The standard InChI is InChI=1S/C20H14ClFN4O4S2/c1-32(28,29)20-25-26-17(23)14(18(27)24-19(26)31-20)8-12-4-7-16(15(21)9-12)30-10-11-2-5-13(22)6-3-11/h2-9,23H,10H2,1H3/b14-8+,23-17?. The third kappa shape index (κ3) is 4.59. The molecule has 2 heterocycles. The van der Waals surface area contributed by atoms with Gasteiger partial charge in [0, 0.05) is 6.26 Å². The molecule has 2 aliphatic heterocycles. The second kappa shape index (κ2) is 8.49. The molecule has 0 saturated carbocycles. The molecule has 0 unspecified atom stereocenters. The van der Waals surface area contributed by atoms with Gasteiger partial charge in [-0.1, -0.05) is 29.8 Å². The first-order chi connectivity index (χ1) is 15.1. The van der Waals surface area contributed by atoms with Crippen LogP contribution < -0.4 is 4.74 Å². The summed E-state index contributed by atoms with van der Waals surface area (Å²) >= 11 is 7.00. The molecule has 2 aromatic rings. The molecule has 1 amide bonds. The minimum atomic E-state index is -3.60. The number of hydrogen-bond donors (Lipinski definition) is 1. The maximum atomic E-state index is 13.0. The minimum Gasteiger partial charge on any atom is -0.487 e. The topological polar surface area (TPSA) is 112 Å². The molecule has 0 aromatic heterocycles. The summed E-state index contributed by atoms with van der Waals surface area (Å²) in [5.41, 5.74) is 1.21. The lowest BCUT2D eigenvalue weighted by molar-refractivity contribution is -0.114. The molecule has 8 nitrogen and oxygen atoms in total. The van der Waals surface area contributed by atoms with Crippen LogP contribution in [0.3, 0.4) is 0 Å². The van der Waals surface area contributed by atoms with Crippen LogP contribution >= 0.6 is 23.4 Å². The number of hydrogen-bond acceptors (Lipinski definition) is 7. The number of aliphatic imine (C=N–C) groups is 1. The lowest BCUT2D eigenvalue weighted by atomic mass is 10.1. The highest BCUT2D eigenvalue weighted by Gasteiger charge is 2.38. The van der Waals surface area contributed by atoms with Crippen LogP contribution in [0.5, 0.6) is 5.75 Å². The summed E-state index contributed by atoms with van der Waals surface area (Å²) in [6.45, 7) is 0.189. The summed E-state index contributed by atoms with van der Waals surface area (Å²) in [5.74, 6) is -0.929. The number of nitrogens with zero attached hydrogens (tertiary/aromatic N) is 3. The van der Waals surface area contributed by atoms with Crippen molar-refractivity contribution in [2.75, 3.05) is 6.26 Å². The molecule has 0 bridgehead atoms. The summed E-state index contributed by atoms with van der Waals surface area (Å²) < 4.78 is 41.9. The Morgan fingerprint density at radius 3 is 2.62 bits per heavy atom. The number of fused-ring (bicyclic) bond motifs is 1. The predicted molar refractivity (Wildman–Crippen MR) is 122 cm³/mol. The van der Waals surface area contributed by atoms with Crippen LogP contribution in [0.1, 0.15) is 11.1 Å². The maximum absolute atomic E-state index is 13.0. The van der Waals surface area contributed by atoms with Crippen molar-refractivity contribution in [1.82, 2.24) is 5.01 Å². The third-order valence-corrected chi connectivity index (χ3v) is 7.20. The van der Waals surface area contributed by atoms with Gasteiger partial charge in [-0.15, -0.1) is 5.10 Å². The summed E-state index contributed by atoms with van der Waals surface area (Å²) in [6.07, 6.45) is 2.40. The van der Waals surface area contributed by atoms with E-state index in [0.717, 1.165) is 16.8 Å². The Hall–Kier alpha value is -3.02. The van der Waals surface area contributed by atoms with E-state index in [1.807, 2.05) is 0 Å². The highest BCUT2D eigenvalue weighted by atomic mass is 35.5. The average molecular weight is 493 g/mol. The van der Waals surface area contributed by atoms with Crippen molar-refractivity contribution in [3.8, 4) is 5.75 Å². The molecule has 0 saturated heterocycles. The molecule has 2 aliphatic rings. The summed E-state index contributed by atoms with van der Waals surface area (Å²) in [7, 11) is -3.60. The summed E-state index contributed by atoms with van der Waals surface area (Å²) in [6, 6.07) is 10.7. The molecule has 32 heavy (non-hydrogen) atoms. The first kappa shape index (κ1) is 22.2. The van der Waals surface area contributed by atoms with Gasteiger partial charge in [0.2, 0.25) is 19.4 Å². The molecule has 12 heteroatoms. The molecule has 0 fully saturated rings. The quantitative estimate of drug-likeness (QED) is 0.651. The Balaban J connectivity index is 1.54. The third-order valence-electron chi connectivity index (χ3n) is 4.33. The smallest absolute Gasteiger partial charge is 0.283 e. The predicted octanol–water partition coefficient (Wildman–Crippen LogP) is 3.68. The Morgan fingerprint density at radius 1 is 1.25 bits per heavy atom. The van der Waals surface area contributed by atoms with E-state index >= 15 is 0 Å². The van der Waals surface area contributed by atoms with Gasteiger partial charge in [0.05, 0.1) is 10.6 Å². The van der Waals surface area contributed by atoms with Crippen LogP contribution in [0.2, 0.25) is 5.02 Å². The number of thioether (sulfide) groups is 1. The van der Waals surface area contributed by atoms with Crippen LogP contribution in [0.25, 0.3) is 6.08 Å². The number of amidine groups is 2. The number of ether oxygens (including phenoxy) is 1. The fourth-order valence-corrected chi connectivity index (χ4v) is 4.69. The second-order valence-electron chi connectivity index (χ2n) is 6.76. The SMILES string of the molecule is CS(=O)(=O)C1=NN2C(=N)/C(=C\c3ccc(OCc4ccc(F)cc4)c(Cl)c3)C(=O)N=C2S1. The molecular formula is C20H14ClFN4O4S2.